The third-order valence-corrected chi connectivity index (χ3v) is 8.74. The highest BCUT2D eigenvalue weighted by Crippen LogP contribution is 2.39. The molecule has 1 fully saturated rings. The molecular weight excluding hydrogens is 599 g/mol. The number of hydrogen-bond donors (Lipinski definition) is 2. The number of anilines is 2. The number of nitrogens with zero attached hydrogens (tertiary/aromatic N) is 2. The number of halogens is 2. The van der Waals surface area contributed by atoms with Crippen molar-refractivity contribution in [3.05, 3.63) is 76.3 Å². The van der Waals surface area contributed by atoms with Crippen molar-refractivity contribution in [2.45, 2.75) is 31.8 Å². The highest BCUT2D eigenvalue weighted by Gasteiger charge is 2.35. The standard InChI is InChI=1S/C30H32Cl2N4O5S/c1-19(36-27-15-24(31)25(32)16-28(27)41-18-29(36)37)30(38)33-26(17-35-12-3-4-13-35)21-10-8-20(9-11-21)22-6-5-7-23(14-22)34-42(2,39)40/h5-11,14-16,19,26,34H,3-4,12-13,17-18H2,1-2H3,(H,33,38). The van der Waals surface area contributed by atoms with Crippen LogP contribution in [0.5, 0.6) is 5.75 Å². The maximum atomic E-state index is 13.7. The molecule has 9 nitrogen and oxygen atoms in total. The first kappa shape index (κ1) is 30.2. The average molecular weight is 632 g/mol. The van der Waals surface area contributed by atoms with Gasteiger partial charge in [0.15, 0.2) is 6.61 Å². The number of carbonyl (C=O) groups is 2. The lowest BCUT2D eigenvalue weighted by atomic mass is 9.99. The number of sulfonamides is 1. The van der Waals surface area contributed by atoms with Crippen molar-refractivity contribution in [2.75, 3.05) is 42.1 Å². The number of nitrogens with one attached hydrogen (secondary N) is 2. The van der Waals surface area contributed by atoms with Gasteiger partial charge in [0.2, 0.25) is 15.9 Å². The van der Waals surface area contributed by atoms with E-state index in [1.54, 1.807) is 37.3 Å². The number of benzene rings is 3. The molecule has 3 aromatic carbocycles. The van der Waals surface area contributed by atoms with Crippen molar-refractivity contribution in [2.24, 2.45) is 0 Å². The monoisotopic (exact) mass is 630 g/mol. The molecule has 0 radical (unpaired) electrons. The van der Waals surface area contributed by atoms with Crippen LogP contribution in [0.15, 0.2) is 60.7 Å². The Bertz CT molecular complexity index is 1590. The van der Waals surface area contributed by atoms with Crippen molar-refractivity contribution in [1.29, 1.82) is 0 Å². The molecule has 0 bridgehead atoms. The van der Waals surface area contributed by atoms with Crippen LogP contribution in [-0.4, -0.2) is 63.7 Å². The first-order valence-corrected chi connectivity index (χ1v) is 16.3. The van der Waals surface area contributed by atoms with Gasteiger partial charge in [-0.15, -0.1) is 0 Å². The Labute approximate surface area is 255 Å². The number of carbonyl (C=O) groups excluding carboxylic acids is 2. The molecule has 2 N–H and O–H groups in total. The van der Waals surface area contributed by atoms with Gasteiger partial charge >= 0.3 is 0 Å². The summed E-state index contributed by atoms with van der Waals surface area (Å²) < 4.78 is 31.4. The Morgan fingerprint density at radius 3 is 2.38 bits per heavy atom. The SMILES string of the molecule is CC(C(=O)NC(CN1CCCC1)c1ccc(-c2cccc(NS(C)(=O)=O)c2)cc1)N1C(=O)COc2cc(Cl)c(Cl)cc21. The van der Waals surface area contributed by atoms with Gasteiger partial charge in [-0.1, -0.05) is 59.6 Å². The maximum Gasteiger partial charge on any atom is 0.265 e. The summed E-state index contributed by atoms with van der Waals surface area (Å²) in [5.41, 5.74) is 3.56. The van der Waals surface area contributed by atoms with Gasteiger partial charge in [0, 0.05) is 18.3 Å². The molecule has 2 aliphatic heterocycles. The van der Waals surface area contributed by atoms with Crippen LogP contribution in [0.25, 0.3) is 11.1 Å². The van der Waals surface area contributed by atoms with Crippen LogP contribution >= 0.6 is 23.2 Å². The van der Waals surface area contributed by atoms with Gasteiger partial charge in [-0.05, 0) is 67.7 Å². The summed E-state index contributed by atoms with van der Waals surface area (Å²) in [4.78, 5) is 30.3. The van der Waals surface area contributed by atoms with Crippen molar-refractivity contribution < 1.29 is 22.7 Å². The summed E-state index contributed by atoms with van der Waals surface area (Å²) in [5, 5.41) is 3.74. The highest BCUT2D eigenvalue weighted by atomic mass is 35.5. The summed E-state index contributed by atoms with van der Waals surface area (Å²) in [6, 6.07) is 16.9. The van der Waals surface area contributed by atoms with Crippen molar-refractivity contribution in [1.82, 2.24) is 10.2 Å². The van der Waals surface area contributed by atoms with Crippen LogP contribution in [0.4, 0.5) is 11.4 Å². The molecule has 1 saturated heterocycles. The molecule has 0 spiro atoms. The molecule has 222 valence electrons. The lowest BCUT2D eigenvalue weighted by Crippen LogP contribution is -2.52. The van der Waals surface area contributed by atoms with Gasteiger partial charge in [0.1, 0.15) is 11.8 Å². The summed E-state index contributed by atoms with van der Waals surface area (Å²) in [6.45, 7) is 4.00. The summed E-state index contributed by atoms with van der Waals surface area (Å²) >= 11 is 12.4. The van der Waals surface area contributed by atoms with Crippen molar-refractivity contribution in [3.63, 3.8) is 0 Å². The predicted molar refractivity (Wildman–Crippen MR) is 166 cm³/mol. The van der Waals surface area contributed by atoms with Crippen LogP contribution in [-0.2, 0) is 19.6 Å². The Hall–Kier alpha value is -3.31. The molecule has 12 heteroatoms. The predicted octanol–water partition coefficient (Wildman–Crippen LogP) is 5.10. The molecule has 3 aromatic rings. The molecule has 42 heavy (non-hydrogen) atoms. The van der Waals surface area contributed by atoms with Crippen molar-refractivity contribution in [3.8, 4) is 16.9 Å². The first-order valence-electron chi connectivity index (χ1n) is 13.6. The van der Waals surface area contributed by atoms with Gasteiger partial charge in [0.05, 0.1) is 28.0 Å². The Balaban J connectivity index is 1.38. The van der Waals surface area contributed by atoms with Crippen LogP contribution in [0, 0.1) is 0 Å². The second kappa shape index (κ2) is 12.5. The van der Waals surface area contributed by atoms with Crippen LogP contribution < -0.4 is 19.7 Å². The summed E-state index contributed by atoms with van der Waals surface area (Å²) in [6.07, 6.45) is 3.33. The largest absolute Gasteiger partial charge is 0.482 e. The van der Waals surface area contributed by atoms with Crippen LogP contribution in [0.3, 0.4) is 0 Å². The van der Waals surface area contributed by atoms with Gasteiger partial charge in [-0.25, -0.2) is 8.42 Å². The van der Waals surface area contributed by atoms with E-state index in [4.69, 9.17) is 27.9 Å². The fourth-order valence-corrected chi connectivity index (χ4v) is 6.21. The average Bonchev–Trinajstić information content (AvgIpc) is 3.46. The minimum atomic E-state index is -3.40. The van der Waals surface area contributed by atoms with Gasteiger partial charge < -0.3 is 15.0 Å². The van der Waals surface area contributed by atoms with Crippen molar-refractivity contribution >= 4 is 56.4 Å². The molecule has 2 aliphatic rings. The van der Waals surface area contributed by atoms with E-state index in [0.717, 1.165) is 48.9 Å². The number of likely N-dealkylation sites (tertiary alicyclic amines) is 1. The number of fused-ring (bicyclic) bond motifs is 1. The Kier molecular flexibility index (Phi) is 8.98. The van der Waals surface area contributed by atoms with Crippen LogP contribution in [0.1, 0.15) is 31.4 Å². The van der Waals surface area contributed by atoms with E-state index in [1.807, 2.05) is 30.3 Å². The Morgan fingerprint density at radius 2 is 1.69 bits per heavy atom. The number of amides is 2. The molecule has 0 aromatic heterocycles. The molecule has 2 heterocycles. The quantitative estimate of drug-likeness (QED) is 0.341. The lowest BCUT2D eigenvalue weighted by molar-refractivity contribution is -0.128. The minimum Gasteiger partial charge on any atom is -0.482 e. The zero-order valence-electron chi connectivity index (χ0n) is 23.3. The third-order valence-electron chi connectivity index (χ3n) is 7.42. The normalized spacial score (nSPS) is 16.9. The summed E-state index contributed by atoms with van der Waals surface area (Å²) in [7, 11) is -3.40. The fourth-order valence-electron chi connectivity index (χ4n) is 5.34. The molecule has 2 atom stereocenters. The van der Waals surface area contributed by atoms with E-state index < -0.39 is 16.1 Å². The molecular formula is C30H32Cl2N4O5S. The van der Waals surface area contributed by atoms with E-state index in [0.29, 0.717) is 28.7 Å². The number of ether oxygens (including phenoxy) is 1. The van der Waals surface area contributed by atoms with E-state index in [-0.39, 0.29) is 29.5 Å². The molecule has 5 rings (SSSR count). The van der Waals surface area contributed by atoms with E-state index in [2.05, 4.69) is 14.9 Å². The fraction of sp³-hybridized carbons (Fsp3) is 0.333. The van der Waals surface area contributed by atoms with Gasteiger partial charge in [-0.3, -0.25) is 19.2 Å². The molecule has 0 aliphatic carbocycles. The second-order valence-electron chi connectivity index (χ2n) is 10.6. The highest BCUT2D eigenvalue weighted by molar-refractivity contribution is 7.92. The second-order valence-corrected chi connectivity index (χ2v) is 13.2. The lowest BCUT2D eigenvalue weighted by Gasteiger charge is -2.34. The zero-order valence-corrected chi connectivity index (χ0v) is 25.6. The molecule has 0 saturated carbocycles. The number of rotatable bonds is 9. The van der Waals surface area contributed by atoms with E-state index in [9.17, 15) is 18.0 Å². The molecule has 2 unspecified atom stereocenters. The third kappa shape index (κ3) is 7.00. The Morgan fingerprint density at radius 1 is 1.00 bits per heavy atom. The minimum absolute atomic E-state index is 0.206. The topological polar surface area (TPSA) is 108 Å². The number of hydrogen-bond acceptors (Lipinski definition) is 6. The van der Waals surface area contributed by atoms with Gasteiger partial charge in [-0.2, -0.15) is 0 Å². The zero-order chi connectivity index (χ0) is 30.0. The summed E-state index contributed by atoms with van der Waals surface area (Å²) in [5.74, 6) is -0.268. The smallest absolute Gasteiger partial charge is 0.265 e. The van der Waals surface area contributed by atoms with Gasteiger partial charge in [0.25, 0.3) is 5.91 Å². The maximum absolute atomic E-state index is 13.7. The first-order chi connectivity index (χ1) is 20.0. The van der Waals surface area contributed by atoms with Crippen LogP contribution in [0.2, 0.25) is 10.0 Å². The van der Waals surface area contributed by atoms with E-state index >= 15 is 0 Å². The van der Waals surface area contributed by atoms with E-state index in [1.165, 1.54) is 4.90 Å². The molecule has 2 amide bonds.